The van der Waals surface area contributed by atoms with Gasteiger partial charge in [-0.05, 0) is 128 Å². The molecule has 0 heterocycles. The number of aliphatic hydroxyl groups is 2. The topological polar surface area (TPSA) is 40.5 Å². The van der Waals surface area contributed by atoms with Gasteiger partial charge >= 0.3 is 0 Å². The highest BCUT2D eigenvalue weighted by Crippen LogP contribution is 2.77. The zero-order valence-electron chi connectivity index (χ0n) is 21.8. The van der Waals surface area contributed by atoms with Crippen LogP contribution in [0.5, 0.6) is 0 Å². The van der Waals surface area contributed by atoms with Crippen LogP contribution >= 0.6 is 0 Å². The third-order valence-corrected chi connectivity index (χ3v) is 13.5. The van der Waals surface area contributed by atoms with Crippen LogP contribution in [0, 0.1) is 56.7 Å². The van der Waals surface area contributed by atoms with Crippen LogP contribution in [0.1, 0.15) is 106 Å². The second-order valence-electron chi connectivity index (χ2n) is 14.6. The standard InChI is InChI=1S/C30H50O2/c1-19(2)20-10-15-30(18-31)17-16-28(6)21(25(20)30)8-9-23-27(5)13-12-24(32)26(3,4)22(27)11-14-29(23,28)7/h20-25,31-32H,1,8-18H2,2-7H3/t20-,21-,22-,23+,24-,25-,27-,28+,29+,30-/m1/s1. The Labute approximate surface area is 197 Å². The summed E-state index contributed by atoms with van der Waals surface area (Å²) in [4.78, 5) is 0. The first kappa shape index (κ1) is 23.4. The summed E-state index contributed by atoms with van der Waals surface area (Å²) in [6.07, 6.45) is 12.2. The average molecular weight is 443 g/mol. The van der Waals surface area contributed by atoms with E-state index < -0.39 is 0 Å². The van der Waals surface area contributed by atoms with Crippen molar-refractivity contribution >= 4 is 0 Å². The third kappa shape index (κ3) is 2.66. The predicted molar refractivity (Wildman–Crippen MR) is 132 cm³/mol. The lowest BCUT2D eigenvalue weighted by Gasteiger charge is -2.73. The van der Waals surface area contributed by atoms with Crippen LogP contribution in [0.4, 0.5) is 0 Å². The van der Waals surface area contributed by atoms with Crippen molar-refractivity contribution in [3.05, 3.63) is 12.2 Å². The third-order valence-electron chi connectivity index (χ3n) is 13.5. The Hall–Kier alpha value is -0.340. The maximum Gasteiger partial charge on any atom is 0.0594 e. The first-order chi connectivity index (χ1) is 14.9. The van der Waals surface area contributed by atoms with Crippen LogP contribution in [-0.4, -0.2) is 22.9 Å². The van der Waals surface area contributed by atoms with Crippen LogP contribution in [0.15, 0.2) is 12.2 Å². The molecule has 0 saturated heterocycles. The molecule has 0 aromatic carbocycles. The van der Waals surface area contributed by atoms with Crippen LogP contribution in [-0.2, 0) is 0 Å². The van der Waals surface area contributed by atoms with E-state index >= 15 is 0 Å². The molecule has 5 rings (SSSR count). The molecule has 0 radical (unpaired) electrons. The van der Waals surface area contributed by atoms with Gasteiger partial charge in [-0.1, -0.05) is 46.8 Å². The fourth-order valence-electron chi connectivity index (χ4n) is 11.5. The summed E-state index contributed by atoms with van der Waals surface area (Å²) >= 11 is 0. The monoisotopic (exact) mass is 442 g/mol. The Morgan fingerprint density at radius 1 is 0.812 bits per heavy atom. The van der Waals surface area contributed by atoms with E-state index in [1.165, 1.54) is 63.4 Å². The molecule has 2 N–H and O–H groups in total. The largest absolute Gasteiger partial charge is 0.396 e. The molecule has 0 unspecified atom stereocenters. The summed E-state index contributed by atoms with van der Waals surface area (Å²) in [6.45, 7) is 19.7. The molecular weight excluding hydrogens is 392 g/mol. The highest BCUT2D eigenvalue weighted by Gasteiger charge is 2.70. The molecular formula is C30H50O2. The lowest BCUT2D eigenvalue weighted by Crippen LogP contribution is -2.66. The van der Waals surface area contributed by atoms with Crippen molar-refractivity contribution in [1.29, 1.82) is 0 Å². The molecule has 5 aliphatic rings. The summed E-state index contributed by atoms with van der Waals surface area (Å²) in [7, 11) is 0. The number of hydrogen-bond acceptors (Lipinski definition) is 2. The molecule has 10 atom stereocenters. The van der Waals surface area contributed by atoms with Crippen LogP contribution < -0.4 is 0 Å². The van der Waals surface area contributed by atoms with Crippen LogP contribution in [0.2, 0.25) is 0 Å². The molecule has 5 aliphatic carbocycles. The van der Waals surface area contributed by atoms with Gasteiger partial charge in [0.2, 0.25) is 0 Å². The first-order valence-electron chi connectivity index (χ1n) is 13.8. The molecule has 5 fully saturated rings. The molecule has 5 saturated carbocycles. The molecule has 0 amide bonds. The molecule has 0 aromatic heterocycles. The zero-order valence-corrected chi connectivity index (χ0v) is 21.8. The van der Waals surface area contributed by atoms with Gasteiger partial charge in [-0.15, -0.1) is 0 Å². The molecule has 2 nitrogen and oxygen atoms in total. The second kappa shape index (κ2) is 7.09. The van der Waals surface area contributed by atoms with Gasteiger partial charge in [0.05, 0.1) is 6.10 Å². The molecule has 182 valence electrons. The van der Waals surface area contributed by atoms with E-state index in [0.717, 1.165) is 18.3 Å². The predicted octanol–water partition coefficient (Wildman–Crippen LogP) is 7.00. The SMILES string of the molecule is C=C(C)[C@H]1CC[C@]2(CO)CC[C@@]3(C)[C@H](CC[C@H]4[C@]5(C)CC[C@@H](O)C(C)(C)[C@H]5CC[C@@]43C)[C@@H]12. The molecule has 32 heavy (non-hydrogen) atoms. The van der Waals surface area contributed by atoms with Crippen molar-refractivity contribution in [2.75, 3.05) is 6.61 Å². The molecule has 0 aliphatic heterocycles. The molecule has 0 aromatic rings. The van der Waals surface area contributed by atoms with Crippen LogP contribution in [0.25, 0.3) is 0 Å². The van der Waals surface area contributed by atoms with Crippen molar-refractivity contribution in [1.82, 2.24) is 0 Å². The summed E-state index contributed by atoms with van der Waals surface area (Å²) in [5.41, 5.74) is 2.60. The van der Waals surface area contributed by atoms with E-state index in [2.05, 4.69) is 48.1 Å². The minimum Gasteiger partial charge on any atom is -0.396 e. The van der Waals surface area contributed by atoms with Gasteiger partial charge in [-0.25, -0.2) is 0 Å². The van der Waals surface area contributed by atoms with Crippen LogP contribution in [0.3, 0.4) is 0 Å². The average Bonchev–Trinajstić information content (AvgIpc) is 3.12. The van der Waals surface area contributed by atoms with Crippen molar-refractivity contribution in [3.63, 3.8) is 0 Å². The molecule has 0 bridgehead atoms. The second-order valence-corrected chi connectivity index (χ2v) is 14.6. The summed E-state index contributed by atoms with van der Waals surface area (Å²) < 4.78 is 0. The Morgan fingerprint density at radius 2 is 1.53 bits per heavy atom. The van der Waals surface area contributed by atoms with Gasteiger partial charge in [-0.3, -0.25) is 0 Å². The van der Waals surface area contributed by atoms with Crippen molar-refractivity contribution < 1.29 is 10.2 Å². The van der Waals surface area contributed by atoms with E-state index in [0.29, 0.717) is 40.6 Å². The van der Waals surface area contributed by atoms with Gasteiger partial charge in [-0.2, -0.15) is 0 Å². The quantitative estimate of drug-likeness (QED) is 0.452. The minimum atomic E-state index is -0.147. The van der Waals surface area contributed by atoms with Crippen molar-refractivity contribution in [3.8, 4) is 0 Å². The van der Waals surface area contributed by atoms with Gasteiger partial charge in [0.15, 0.2) is 0 Å². The van der Waals surface area contributed by atoms with E-state index in [1.54, 1.807) is 0 Å². The number of allylic oxidation sites excluding steroid dienone is 1. The number of hydrogen-bond donors (Lipinski definition) is 2. The minimum absolute atomic E-state index is 0.0290. The van der Waals surface area contributed by atoms with Crippen molar-refractivity contribution in [2.45, 2.75) is 112 Å². The summed E-state index contributed by atoms with van der Waals surface area (Å²) in [5, 5.41) is 21.5. The van der Waals surface area contributed by atoms with E-state index in [9.17, 15) is 10.2 Å². The lowest BCUT2D eigenvalue weighted by molar-refractivity contribution is -0.249. The Kier molecular flexibility index (Phi) is 5.19. The normalized spacial score (nSPS) is 56.5. The smallest absolute Gasteiger partial charge is 0.0594 e. The number of aliphatic hydroxyl groups excluding tert-OH is 2. The Bertz CT molecular complexity index is 786. The Balaban J connectivity index is 1.55. The van der Waals surface area contributed by atoms with Gasteiger partial charge in [0.25, 0.3) is 0 Å². The molecule has 2 heteroatoms. The highest BCUT2D eigenvalue weighted by molar-refractivity contribution is 5.21. The maximum absolute atomic E-state index is 10.9. The summed E-state index contributed by atoms with van der Waals surface area (Å²) in [5.74, 6) is 3.33. The van der Waals surface area contributed by atoms with Gasteiger partial charge < -0.3 is 10.2 Å². The van der Waals surface area contributed by atoms with Gasteiger partial charge in [0, 0.05) is 6.61 Å². The molecule has 0 spiro atoms. The van der Waals surface area contributed by atoms with E-state index in [-0.39, 0.29) is 16.9 Å². The maximum atomic E-state index is 10.9. The highest BCUT2D eigenvalue weighted by atomic mass is 16.3. The first-order valence-corrected chi connectivity index (χ1v) is 13.8. The lowest BCUT2D eigenvalue weighted by atomic mass is 9.32. The summed E-state index contributed by atoms with van der Waals surface area (Å²) in [6, 6.07) is 0. The zero-order chi connectivity index (χ0) is 23.3. The number of fused-ring (bicyclic) bond motifs is 7. The number of rotatable bonds is 2. The van der Waals surface area contributed by atoms with Crippen molar-refractivity contribution in [2.24, 2.45) is 56.7 Å². The van der Waals surface area contributed by atoms with E-state index in [4.69, 9.17) is 0 Å². The van der Waals surface area contributed by atoms with Gasteiger partial charge in [0.1, 0.15) is 0 Å². The fraction of sp³-hybridized carbons (Fsp3) is 0.933. The van der Waals surface area contributed by atoms with E-state index in [1.807, 2.05) is 0 Å². The fourth-order valence-corrected chi connectivity index (χ4v) is 11.5. The Morgan fingerprint density at radius 3 is 2.19 bits per heavy atom.